The van der Waals surface area contributed by atoms with Crippen LogP contribution in [0.3, 0.4) is 0 Å². The highest BCUT2D eigenvalue weighted by Gasteiger charge is 2.03. The molecule has 0 fully saturated rings. The number of anilines is 1. The third-order valence-electron chi connectivity index (χ3n) is 3.07. The fourth-order valence-electron chi connectivity index (χ4n) is 1.81. The van der Waals surface area contributed by atoms with Crippen LogP contribution in [-0.2, 0) is 0 Å². The molecular weight excluding hydrogens is 280 g/mol. The molecule has 0 radical (unpaired) electrons. The van der Waals surface area contributed by atoms with Gasteiger partial charge in [0, 0.05) is 24.4 Å². The molecule has 114 valence electrons. The number of rotatable bonds is 7. The Bertz CT molecular complexity index is 636. The van der Waals surface area contributed by atoms with Crippen molar-refractivity contribution in [1.82, 2.24) is 0 Å². The number of benzene rings is 2. The van der Waals surface area contributed by atoms with Crippen LogP contribution in [0.1, 0.15) is 19.8 Å². The molecule has 2 aromatic carbocycles. The predicted molar refractivity (Wildman–Crippen MR) is 87.1 cm³/mol. The van der Waals surface area contributed by atoms with E-state index in [-0.39, 0.29) is 5.69 Å². The number of hydrogen-bond acceptors (Lipinski definition) is 5. The molecule has 6 nitrogen and oxygen atoms in total. The maximum absolute atomic E-state index is 10.6. The van der Waals surface area contributed by atoms with Gasteiger partial charge < -0.3 is 5.32 Å². The van der Waals surface area contributed by atoms with Crippen LogP contribution in [0.5, 0.6) is 0 Å². The molecular formula is C16H18N4O2. The Kier molecular flexibility index (Phi) is 5.59. The third-order valence-corrected chi connectivity index (χ3v) is 3.07. The minimum absolute atomic E-state index is 0.0430. The van der Waals surface area contributed by atoms with Gasteiger partial charge in [-0.2, -0.15) is 10.2 Å². The van der Waals surface area contributed by atoms with Crippen LogP contribution in [0, 0.1) is 10.1 Å². The number of nitro benzene ring substituents is 1. The molecule has 0 saturated heterocycles. The van der Waals surface area contributed by atoms with Crippen molar-refractivity contribution in [3.63, 3.8) is 0 Å². The zero-order chi connectivity index (χ0) is 15.8. The highest BCUT2D eigenvalue weighted by Crippen LogP contribution is 2.22. The van der Waals surface area contributed by atoms with Gasteiger partial charge in [0.2, 0.25) is 0 Å². The molecule has 22 heavy (non-hydrogen) atoms. The van der Waals surface area contributed by atoms with E-state index in [1.54, 1.807) is 12.1 Å². The number of unbranched alkanes of at least 4 members (excludes halogenated alkanes) is 1. The van der Waals surface area contributed by atoms with Crippen molar-refractivity contribution in [2.45, 2.75) is 19.8 Å². The molecule has 0 amide bonds. The van der Waals surface area contributed by atoms with Gasteiger partial charge in [0.05, 0.1) is 16.3 Å². The summed E-state index contributed by atoms with van der Waals surface area (Å²) in [5.74, 6) is 0. The van der Waals surface area contributed by atoms with Crippen molar-refractivity contribution in [3.05, 3.63) is 58.6 Å². The van der Waals surface area contributed by atoms with Gasteiger partial charge in [0.1, 0.15) is 0 Å². The molecule has 0 unspecified atom stereocenters. The van der Waals surface area contributed by atoms with E-state index in [2.05, 4.69) is 22.5 Å². The van der Waals surface area contributed by atoms with Crippen LogP contribution in [0.25, 0.3) is 0 Å². The van der Waals surface area contributed by atoms with E-state index in [1.165, 1.54) is 12.1 Å². The van der Waals surface area contributed by atoms with Crippen LogP contribution < -0.4 is 5.32 Å². The minimum Gasteiger partial charge on any atom is -0.385 e. The monoisotopic (exact) mass is 298 g/mol. The van der Waals surface area contributed by atoms with Gasteiger partial charge in [-0.1, -0.05) is 13.3 Å². The zero-order valence-corrected chi connectivity index (χ0v) is 12.4. The van der Waals surface area contributed by atoms with Crippen molar-refractivity contribution < 1.29 is 4.92 Å². The summed E-state index contributed by atoms with van der Waals surface area (Å²) in [6.07, 6.45) is 2.30. The van der Waals surface area contributed by atoms with Crippen molar-refractivity contribution in [2.24, 2.45) is 10.2 Å². The summed E-state index contributed by atoms with van der Waals surface area (Å²) in [7, 11) is 0. The molecule has 0 aliphatic rings. The molecule has 0 aliphatic heterocycles. The van der Waals surface area contributed by atoms with Gasteiger partial charge in [0.25, 0.3) is 5.69 Å². The van der Waals surface area contributed by atoms with Gasteiger partial charge >= 0.3 is 0 Å². The molecule has 0 bridgehead atoms. The quantitative estimate of drug-likeness (QED) is 0.329. The lowest BCUT2D eigenvalue weighted by atomic mass is 10.2. The minimum atomic E-state index is -0.439. The number of nitro groups is 1. The third kappa shape index (κ3) is 4.66. The van der Waals surface area contributed by atoms with Gasteiger partial charge in [0.15, 0.2) is 0 Å². The average molecular weight is 298 g/mol. The maximum atomic E-state index is 10.6. The molecule has 0 heterocycles. The average Bonchev–Trinajstić information content (AvgIpc) is 2.55. The fourth-order valence-corrected chi connectivity index (χ4v) is 1.81. The fraction of sp³-hybridized carbons (Fsp3) is 0.250. The molecule has 2 rings (SSSR count). The van der Waals surface area contributed by atoms with Crippen LogP contribution in [-0.4, -0.2) is 11.5 Å². The topological polar surface area (TPSA) is 79.9 Å². The summed E-state index contributed by atoms with van der Waals surface area (Å²) in [6, 6.07) is 13.6. The van der Waals surface area contributed by atoms with Crippen molar-refractivity contribution in [1.29, 1.82) is 0 Å². The number of nitrogens with one attached hydrogen (secondary N) is 1. The second-order valence-electron chi connectivity index (χ2n) is 4.80. The molecule has 0 aliphatic carbocycles. The van der Waals surface area contributed by atoms with Gasteiger partial charge in [-0.3, -0.25) is 10.1 Å². The summed E-state index contributed by atoms with van der Waals surface area (Å²) in [5, 5.41) is 22.1. The summed E-state index contributed by atoms with van der Waals surface area (Å²) in [4.78, 5) is 10.1. The molecule has 2 aromatic rings. The molecule has 6 heteroatoms. The zero-order valence-electron chi connectivity index (χ0n) is 12.4. The number of non-ortho nitro benzene ring substituents is 1. The van der Waals surface area contributed by atoms with E-state index in [4.69, 9.17) is 0 Å². The number of hydrogen-bond donors (Lipinski definition) is 1. The van der Waals surface area contributed by atoms with E-state index >= 15 is 0 Å². The first-order valence-electron chi connectivity index (χ1n) is 7.19. The van der Waals surface area contributed by atoms with Crippen molar-refractivity contribution in [2.75, 3.05) is 11.9 Å². The van der Waals surface area contributed by atoms with E-state index in [0.717, 1.165) is 30.8 Å². The molecule has 1 N–H and O–H groups in total. The van der Waals surface area contributed by atoms with Crippen LogP contribution in [0.15, 0.2) is 58.8 Å². The number of nitrogens with zero attached hydrogens (tertiary/aromatic N) is 3. The molecule has 0 aromatic heterocycles. The maximum Gasteiger partial charge on any atom is 0.269 e. The highest BCUT2D eigenvalue weighted by molar-refractivity contribution is 5.51. The lowest BCUT2D eigenvalue weighted by molar-refractivity contribution is -0.384. The largest absolute Gasteiger partial charge is 0.385 e. The Labute approximate surface area is 129 Å². The Morgan fingerprint density at radius 2 is 1.55 bits per heavy atom. The van der Waals surface area contributed by atoms with Gasteiger partial charge in [-0.05, 0) is 42.8 Å². The van der Waals surface area contributed by atoms with Crippen molar-refractivity contribution in [3.8, 4) is 0 Å². The lowest BCUT2D eigenvalue weighted by Gasteiger charge is -2.04. The second kappa shape index (κ2) is 7.87. The Morgan fingerprint density at radius 3 is 2.05 bits per heavy atom. The van der Waals surface area contributed by atoms with Crippen LogP contribution in [0.4, 0.5) is 22.7 Å². The normalized spacial score (nSPS) is 10.8. The van der Waals surface area contributed by atoms with Crippen LogP contribution in [0.2, 0.25) is 0 Å². The van der Waals surface area contributed by atoms with Crippen molar-refractivity contribution >= 4 is 22.7 Å². The standard InChI is InChI=1S/C16H18N4O2/c1-2-3-12-17-13-4-6-14(7-5-13)18-19-15-8-10-16(11-9-15)20(21)22/h4-11,17H,2-3,12H2,1H3/b19-18+. The summed E-state index contributed by atoms with van der Waals surface area (Å²) in [5.41, 5.74) is 2.42. The first-order chi connectivity index (χ1) is 10.7. The van der Waals surface area contributed by atoms with Gasteiger partial charge in [-0.25, -0.2) is 0 Å². The summed E-state index contributed by atoms with van der Waals surface area (Å²) >= 11 is 0. The Balaban J connectivity index is 1.96. The van der Waals surface area contributed by atoms with Gasteiger partial charge in [-0.15, -0.1) is 0 Å². The van der Waals surface area contributed by atoms with E-state index < -0.39 is 4.92 Å². The highest BCUT2D eigenvalue weighted by atomic mass is 16.6. The SMILES string of the molecule is CCCCNc1ccc(/N=N/c2ccc([N+](=O)[O-])cc2)cc1. The van der Waals surface area contributed by atoms with Crippen LogP contribution >= 0.6 is 0 Å². The molecule has 0 spiro atoms. The summed E-state index contributed by atoms with van der Waals surface area (Å²) < 4.78 is 0. The first-order valence-corrected chi connectivity index (χ1v) is 7.19. The molecule has 0 saturated carbocycles. The number of azo groups is 1. The first kappa shape index (κ1) is 15.6. The smallest absolute Gasteiger partial charge is 0.269 e. The molecule has 0 atom stereocenters. The Morgan fingerprint density at radius 1 is 1.00 bits per heavy atom. The van der Waals surface area contributed by atoms with E-state index in [1.807, 2.05) is 24.3 Å². The van der Waals surface area contributed by atoms with E-state index in [9.17, 15) is 10.1 Å². The second-order valence-corrected chi connectivity index (χ2v) is 4.80. The lowest BCUT2D eigenvalue weighted by Crippen LogP contribution is -1.99. The predicted octanol–water partition coefficient (Wildman–Crippen LogP) is 5.22. The van der Waals surface area contributed by atoms with E-state index in [0.29, 0.717) is 5.69 Å². The summed E-state index contributed by atoms with van der Waals surface area (Å²) in [6.45, 7) is 3.11. The Hall–Kier alpha value is -2.76.